The lowest BCUT2D eigenvalue weighted by Gasteiger charge is -2.30. The fourth-order valence-corrected chi connectivity index (χ4v) is 7.35. The fraction of sp³-hybridized carbons (Fsp3) is 0.533. The third kappa shape index (κ3) is 7.83. The molecule has 0 spiro atoms. The molecule has 218 valence electrons. The van der Waals surface area contributed by atoms with Gasteiger partial charge in [0.25, 0.3) is 0 Å². The number of hydrogen-bond donors (Lipinski definition) is 0. The van der Waals surface area contributed by atoms with Gasteiger partial charge in [-0.2, -0.15) is 0 Å². The van der Waals surface area contributed by atoms with Gasteiger partial charge in [-0.15, -0.1) is 0 Å². The van der Waals surface area contributed by atoms with Crippen LogP contribution in [0.15, 0.2) is 48.5 Å². The number of hydrogen-bond acceptors (Lipinski definition) is 7. The lowest BCUT2D eigenvalue weighted by Crippen LogP contribution is -2.45. The molecule has 0 aliphatic carbocycles. The van der Waals surface area contributed by atoms with Crippen LogP contribution in [0.25, 0.3) is 0 Å². The molecule has 2 amide bonds. The summed E-state index contributed by atoms with van der Waals surface area (Å²) in [6, 6.07) is 15.7. The van der Waals surface area contributed by atoms with Crippen molar-refractivity contribution in [2.45, 2.75) is 45.8 Å². The SMILES string of the molecule is CCOc1ccccc1CN1CCCN(C(C)=O)c2ccccc2CN(CC(=O)N(C)C2CCS(=O)(=O)C2)CC1. The third-order valence-corrected chi connectivity index (χ3v) is 9.57. The van der Waals surface area contributed by atoms with Crippen LogP contribution in [0.2, 0.25) is 0 Å². The minimum absolute atomic E-state index is 0.00950. The quantitative estimate of drug-likeness (QED) is 0.506. The number of sulfone groups is 1. The number of carbonyl (C=O) groups excluding carboxylic acids is 2. The predicted molar refractivity (Wildman–Crippen MR) is 157 cm³/mol. The molecule has 2 aromatic rings. The Morgan fingerprint density at radius 2 is 1.73 bits per heavy atom. The lowest BCUT2D eigenvalue weighted by atomic mass is 10.1. The van der Waals surface area contributed by atoms with E-state index in [0.29, 0.717) is 39.2 Å². The number of likely N-dealkylation sites (N-methyl/N-ethyl adjacent to an activating group) is 1. The molecule has 4 rings (SSSR count). The van der Waals surface area contributed by atoms with Crippen molar-refractivity contribution in [2.75, 3.05) is 62.8 Å². The maximum atomic E-state index is 13.4. The molecule has 2 heterocycles. The summed E-state index contributed by atoms with van der Waals surface area (Å²) in [5.41, 5.74) is 2.97. The molecule has 2 aromatic carbocycles. The highest BCUT2D eigenvalue weighted by Gasteiger charge is 2.33. The Morgan fingerprint density at radius 1 is 1.00 bits per heavy atom. The molecule has 10 heteroatoms. The number of benzene rings is 2. The summed E-state index contributed by atoms with van der Waals surface area (Å²) in [7, 11) is -1.38. The van der Waals surface area contributed by atoms with E-state index in [4.69, 9.17) is 4.74 Å². The Bertz CT molecular complexity index is 1280. The molecule has 0 saturated carbocycles. The zero-order valence-electron chi connectivity index (χ0n) is 23.9. The Labute approximate surface area is 238 Å². The van der Waals surface area contributed by atoms with Crippen LogP contribution in [0.5, 0.6) is 5.75 Å². The summed E-state index contributed by atoms with van der Waals surface area (Å²) in [6.45, 7) is 8.31. The highest BCUT2D eigenvalue weighted by molar-refractivity contribution is 7.91. The first-order valence-corrected chi connectivity index (χ1v) is 16.0. The van der Waals surface area contributed by atoms with Gasteiger partial charge in [0.1, 0.15) is 5.75 Å². The zero-order chi connectivity index (χ0) is 28.7. The van der Waals surface area contributed by atoms with Crippen LogP contribution in [0, 0.1) is 0 Å². The highest BCUT2D eigenvalue weighted by Crippen LogP contribution is 2.25. The first kappa shape index (κ1) is 30.0. The molecule has 0 radical (unpaired) electrons. The van der Waals surface area contributed by atoms with E-state index in [9.17, 15) is 18.0 Å². The van der Waals surface area contributed by atoms with Gasteiger partial charge in [-0.1, -0.05) is 36.4 Å². The second kappa shape index (κ2) is 13.6. The summed E-state index contributed by atoms with van der Waals surface area (Å²) in [5.74, 6) is 0.928. The lowest BCUT2D eigenvalue weighted by molar-refractivity contribution is -0.133. The summed E-state index contributed by atoms with van der Waals surface area (Å²) in [5, 5.41) is 0. The molecule has 1 atom stereocenters. The normalized spacial score (nSPS) is 20.4. The van der Waals surface area contributed by atoms with E-state index in [1.807, 2.05) is 54.3 Å². The summed E-state index contributed by atoms with van der Waals surface area (Å²) < 4.78 is 29.9. The molecule has 2 aliphatic rings. The van der Waals surface area contributed by atoms with Crippen molar-refractivity contribution < 1.29 is 22.7 Å². The fourth-order valence-electron chi connectivity index (χ4n) is 5.57. The third-order valence-electron chi connectivity index (χ3n) is 7.82. The monoisotopic (exact) mass is 570 g/mol. The largest absolute Gasteiger partial charge is 0.494 e. The van der Waals surface area contributed by atoms with Crippen molar-refractivity contribution in [2.24, 2.45) is 0 Å². The summed E-state index contributed by atoms with van der Waals surface area (Å²) in [4.78, 5) is 34.0. The average Bonchev–Trinajstić information content (AvgIpc) is 3.28. The topological polar surface area (TPSA) is 90.5 Å². The number of fused-ring (bicyclic) bond motifs is 1. The van der Waals surface area contributed by atoms with Crippen molar-refractivity contribution in [1.29, 1.82) is 0 Å². The van der Waals surface area contributed by atoms with Gasteiger partial charge in [-0.25, -0.2) is 8.42 Å². The van der Waals surface area contributed by atoms with E-state index < -0.39 is 9.84 Å². The number of para-hydroxylation sites is 2. The van der Waals surface area contributed by atoms with E-state index in [0.717, 1.165) is 42.1 Å². The van der Waals surface area contributed by atoms with E-state index in [1.165, 1.54) is 0 Å². The molecular formula is C30H42N4O5S. The molecule has 0 aromatic heterocycles. The molecular weight excluding hydrogens is 528 g/mol. The van der Waals surface area contributed by atoms with Crippen LogP contribution < -0.4 is 9.64 Å². The number of carbonyl (C=O) groups is 2. The average molecular weight is 571 g/mol. The number of ether oxygens (including phenoxy) is 1. The van der Waals surface area contributed by atoms with Crippen molar-refractivity contribution in [3.63, 3.8) is 0 Å². The van der Waals surface area contributed by atoms with E-state index in [-0.39, 0.29) is 35.9 Å². The van der Waals surface area contributed by atoms with Gasteiger partial charge in [0.15, 0.2) is 9.84 Å². The number of amides is 2. The summed E-state index contributed by atoms with van der Waals surface area (Å²) >= 11 is 0. The van der Waals surface area contributed by atoms with Gasteiger partial charge >= 0.3 is 0 Å². The van der Waals surface area contributed by atoms with Gasteiger partial charge in [-0.3, -0.25) is 19.4 Å². The minimum Gasteiger partial charge on any atom is -0.494 e. The van der Waals surface area contributed by atoms with Crippen LogP contribution in [0.3, 0.4) is 0 Å². The van der Waals surface area contributed by atoms with Gasteiger partial charge in [0.2, 0.25) is 11.8 Å². The van der Waals surface area contributed by atoms with Gasteiger partial charge in [0, 0.05) is 70.5 Å². The van der Waals surface area contributed by atoms with E-state index in [1.54, 1.807) is 18.9 Å². The second-order valence-electron chi connectivity index (χ2n) is 10.7. The second-order valence-corrected chi connectivity index (χ2v) is 13.0. The molecule has 0 N–H and O–H groups in total. The predicted octanol–water partition coefficient (Wildman–Crippen LogP) is 2.79. The molecule has 40 heavy (non-hydrogen) atoms. The number of nitrogens with zero attached hydrogens (tertiary/aromatic N) is 4. The Kier molecular flexibility index (Phi) is 10.2. The molecule has 1 fully saturated rings. The maximum absolute atomic E-state index is 13.4. The molecule has 2 aliphatic heterocycles. The molecule has 0 bridgehead atoms. The Morgan fingerprint density at radius 3 is 2.45 bits per heavy atom. The maximum Gasteiger partial charge on any atom is 0.236 e. The Hall–Kier alpha value is -2.95. The zero-order valence-corrected chi connectivity index (χ0v) is 24.7. The molecule has 1 saturated heterocycles. The first-order chi connectivity index (χ1) is 19.2. The van der Waals surface area contributed by atoms with Crippen LogP contribution >= 0.6 is 0 Å². The van der Waals surface area contributed by atoms with Gasteiger partial charge in [0.05, 0.1) is 24.7 Å². The molecule has 1 unspecified atom stereocenters. The summed E-state index contributed by atoms with van der Waals surface area (Å²) in [6.07, 6.45) is 1.29. The minimum atomic E-state index is -3.09. The number of anilines is 1. The van der Waals surface area contributed by atoms with Crippen LogP contribution in [-0.2, 0) is 32.5 Å². The van der Waals surface area contributed by atoms with Crippen molar-refractivity contribution in [3.8, 4) is 5.75 Å². The van der Waals surface area contributed by atoms with E-state index in [2.05, 4.69) is 15.9 Å². The van der Waals surface area contributed by atoms with Crippen molar-refractivity contribution in [1.82, 2.24) is 14.7 Å². The van der Waals surface area contributed by atoms with E-state index >= 15 is 0 Å². The van der Waals surface area contributed by atoms with Crippen LogP contribution in [0.4, 0.5) is 5.69 Å². The standard InChI is InChI=1S/C30H42N4O5S/c1-4-39-29-13-8-6-11-26(29)21-32-15-9-16-34(24(2)35)28-12-7-5-10-25(28)20-33(18-17-32)22-30(36)31(3)27-14-19-40(37,38)23-27/h5-8,10-13,27H,4,9,14-23H2,1-3H3. The van der Waals surface area contributed by atoms with Gasteiger partial charge in [-0.05, 0) is 37.5 Å². The highest BCUT2D eigenvalue weighted by atomic mass is 32.2. The number of rotatable bonds is 7. The van der Waals surface area contributed by atoms with Crippen LogP contribution in [-0.4, -0.2) is 98.9 Å². The van der Waals surface area contributed by atoms with Crippen molar-refractivity contribution in [3.05, 3.63) is 59.7 Å². The smallest absolute Gasteiger partial charge is 0.236 e. The molecule has 9 nitrogen and oxygen atoms in total. The van der Waals surface area contributed by atoms with Crippen LogP contribution in [0.1, 0.15) is 37.8 Å². The Balaban J connectivity index is 1.57. The van der Waals surface area contributed by atoms with Crippen molar-refractivity contribution >= 4 is 27.3 Å². The van der Waals surface area contributed by atoms with Gasteiger partial charge < -0.3 is 14.5 Å². The first-order valence-electron chi connectivity index (χ1n) is 14.1.